The van der Waals surface area contributed by atoms with E-state index in [0.717, 1.165) is 11.1 Å². The average molecular weight is 374 g/mol. The lowest BCUT2D eigenvalue weighted by Crippen LogP contribution is -2.31. The van der Waals surface area contributed by atoms with Crippen molar-refractivity contribution in [2.24, 2.45) is 16.9 Å². The van der Waals surface area contributed by atoms with Crippen LogP contribution in [0.2, 0.25) is 0 Å². The summed E-state index contributed by atoms with van der Waals surface area (Å²) < 4.78 is 37.4. The highest BCUT2D eigenvalue weighted by atomic mass is 32.2. The lowest BCUT2D eigenvalue weighted by Gasteiger charge is -2.13. The van der Waals surface area contributed by atoms with Gasteiger partial charge in [-0.2, -0.15) is 0 Å². The molecule has 2 aromatic carbocycles. The Labute approximate surface area is 153 Å². The largest absolute Gasteiger partial charge is 0.454 e. The van der Waals surface area contributed by atoms with Gasteiger partial charge in [-0.25, -0.2) is 8.42 Å². The van der Waals surface area contributed by atoms with Crippen LogP contribution in [0.1, 0.15) is 17.0 Å². The second-order valence-electron chi connectivity index (χ2n) is 7.01. The Hall–Kier alpha value is -2.09. The molecule has 4 N–H and O–H groups in total. The van der Waals surface area contributed by atoms with E-state index < -0.39 is 20.5 Å². The highest BCUT2D eigenvalue weighted by Crippen LogP contribution is 2.63. The molecular weight excluding hydrogens is 352 g/mol. The highest BCUT2D eigenvalue weighted by Gasteiger charge is 2.69. The maximum atomic E-state index is 13.3. The van der Waals surface area contributed by atoms with Gasteiger partial charge in [0.15, 0.2) is 21.3 Å². The SMILES string of the molecule is Cc1ccc(S(=O)(=O)[C@@H]2[C@H](c3ccc4c(c3)OCO4)C2(CN)CN)cc1. The van der Waals surface area contributed by atoms with Crippen molar-refractivity contribution in [1.82, 2.24) is 0 Å². The molecule has 2 atom stereocenters. The summed E-state index contributed by atoms with van der Waals surface area (Å²) in [5.74, 6) is 1.03. The Morgan fingerprint density at radius 3 is 2.35 bits per heavy atom. The molecule has 0 bridgehead atoms. The zero-order valence-electron chi connectivity index (χ0n) is 14.5. The molecule has 138 valence electrons. The first-order chi connectivity index (χ1) is 12.4. The van der Waals surface area contributed by atoms with Crippen LogP contribution in [0.3, 0.4) is 0 Å². The Balaban J connectivity index is 1.76. The van der Waals surface area contributed by atoms with Crippen molar-refractivity contribution in [2.45, 2.75) is 23.0 Å². The van der Waals surface area contributed by atoms with Gasteiger partial charge < -0.3 is 20.9 Å². The third kappa shape index (κ3) is 2.42. The van der Waals surface area contributed by atoms with Crippen LogP contribution in [-0.4, -0.2) is 33.6 Å². The number of aryl methyl sites for hydroxylation is 1. The molecule has 4 rings (SSSR count). The predicted octanol–water partition coefficient (Wildman–Crippen LogP) is 1.57. The lowest BCUT2D eigenvalue weighted by molar-refractivity contribution is 0.174. The topological polar surface area (TPSA) is 105 Å². The lowest BCUT2D eigenvalue weighted by atomic mass is 9.99. The van der Waals surface area contributed by atoms with Crippen LogP contribution in [0.25, 0.3) is 0 Å². The quantitative estimate of drug-likeness (QED) is 0.823. The minimum atomic E-state index is -3.56. The molecule has 6 nitrogen and oxygen atoms in total. The summed E-state index contributed by atoms with van der Waals surface area (Å²) in [6.45, 7) is 2.51. The molecule has 0 unspecified atom stereocenters. The zero-order chi connectivity index (χ0) is 18.5. The van der Waals surface area contributed by atoms with Gasteiger partial charge in [-0.05, 0) is 36.8 Å². The zero-order valence-corrected chi connectivity index (χ0v) is 15.3. The Morgan fingerprint density at radius 1 is 1.04 bits per heavy atom. The van der Waals surface area contributed by atoms with Gasteiger partial charge in [0, 0.05) is 24.4 Å². The smallest absolute Gasteiger partial charge is 0.231 e. The van der Waals surface area contributed by atoms with E-state index in [1.807, 2.05) is 25.1 Å². The van der Waals surface area contributed by atoms with Crippen LogP contribution in [0.5, 0.6) is 11.5 Å². The number of fused-ring (bicyclic) bond motifs is 1. The van der Waals surface area contributed by atoms with Gasteiger partial charge in [-0.15, -0.1) is 0 Å². The number of sulfone groups is 1. The van der Waals surface area contributed by atoms with Gasteiger partial charge in [0.1, 0.15) is 0 Å². The van der Waals surface area contributed by atoms with Crippen molar-refractivity contribution < 1.29 is 17.9 Å². The van der Waals surface area contributed by atoms with E-state index in [0.29, 0.717) is 16.4 Å². The first-order valence-corrected chi connectivity index (χ1v) is 10.1. The molecule has 0 spiro atoms. The average Bonchev–Trinajstić information content (AvgIpc) is 3.12. The van der Waals surface area contributed by atoms with Crippen molar-refractivity contribution >= 4 is 9.84 Å². The molecule has 0 amide bonds. The summed E-state index contributed by atoms with van der Waals surface area (Å²) in [5.41, 5.74) is 13.2. The van der Waals surface area contributed by atoms with E-state index >= 15 is 0 Å². The Kier molecular flexibility index (Phi) is 3.98. The van der Waals surface area contributed by atoms with Crippen LogP contribution >= 0.6 is 0 Å². The number of nitrogens with two attached hydrogens (primary N) is 2. The number of ether oxygens (including phenoxy) is 2. The second kappa shape index (κ2) is 5.97. The molecule has 1 saturated carbocycles. The van der Waals surface area contributed by atoms with Crippen molar-refractivity contribution in [2.75, 3.05) is 19.9 Å². The van der Waals surface area contributed by atoms with Gasteiger partial charge in [-0.1, -0.05) is 23.8 Å². The number of rotatable bonds is 5. The van der Waals surface area contributed by atoms with Crippen LogP contribution in [0.4, 0.5) is 0 Å². The van der Waals surface area contributed by atoms with E-state index in [-0.39, 0.29) is 25.8 Å². The molecule has 1 aliphatic heterocycles. The molecule has 1 fully saturated rings. The summed E-state index contributed by atoms with van der Waals surface area (Å²) >= 11 is 0. The molecule has 2 aliphatic rings. The standard InChI is InChI=1S/C19H22N2O4S/c1-12-2-5-14(6-3-12)26(22,23)18-17(19(18,9-20)10-21)13-4-7-15-16(8-13)25-11-24-15/h2-8,17-18H,9-11,20-21H2,1H3/t17-,18+/m0/s1. The van der Waals surface area contributed by atoms with Gasteiger partial charge in [0.2, 0.25) is 6.79 Å². The first-order valence-electron chi connectivity index (χ1n) is 8.54. The summed E-state index contributed by atoms with van der Waals surface area (Å²) in [5, 5.41) is -0.645. The highest BCUT2D eigenvalue weighted by molar-refractivity contribution is 7.92. The van der Waals surface area contributed by atoms with Gasteiger partial charge in [0.25, 0.3) is 0 Å². The summed E-state index contributed by atoms with van der Waals surface area (Å²) in [6.07, 6.45) is 0. The maximum absolute atomic E-state index is 13.3. The van der Waals surface area contributed by atoms with Crippen molar-refractivity contribution in [3.63, 3.8) is 0 Å². The minimum Gasteiger partial charge on any atom is -0.454 e. The van der Waals surface area contributed by atoms with E-state index in [2.05, 4.69) is 0 Å². The minimum absolute atomic E-state index is 0.174. The molecular formula is C19H22N2O4S. The van der Waals surface area contributed by atoms with Crippen molar-refractivity contribution in [3.8, 4) is 11.5 Å². The first kappa shape index (κ1) is 17.3. The Bertz CT molecular complexity index is 937. The number of hydrogen-bond donors (Lipinski definition) is 2. The third-order valence-corrected chi connectivity index (χ3v) is 7.92. The fourth-order valence-electron chi connectivity index (χ4n) is 4.00. The summed E-state index contributed by atoms with van der Waals surface area (Å²) in [6, 6.07) is 12.4. The van der Waals surface area contributed by atoms with E-state index in [1.54, 1.807) is 24.3 Å². The number of benzene rings is 2. The molecule has 1 aliphatic carbocycles. The fraction of sp³-hybridized carbons (Fsp3) is 0.368. The van der Waals surface area contributed by atoms with E-state index in [4.69, 9.17) is 20.9 Å². The monoisotopic (exact) mass is 374 g/mol. The summed E-state index contributed by atoms with van der Waals surface area (Å²) in [7, 11) is -3.56. The Morgan fingerprint density at radius 2 is 1.69 bits per heavy atom. The van der Waals surface area contributed by atoms with Gasteiger partial charge >= 0.3 is 0 Å². The van der Waals surface area contributed by atoms with Crippen molar-refractivity contribution in [1.29, 1.82) is 0 Å². The molecule has 0 radical (unpaired) electrons. The van der Waals surface area contributed by atoms with Crippen LogP contribution < -0.4 is 20.9 Å². The van der Waals surface area contributed by atoms with Gasteiger partial charge in [-0.3, -0.25) is 0 Å². The maximum Gasteiger partial charge on any atom is 0.231 e. The summed E-state index contributed by atoms with van der Waals surface area (Å²) in [4.78, 5) is 0.308. The van der Waals surface area contributed by atoms with Gasteiger partial charge in [0.05, 0.1) is 10.1 Å². The molecule has 0 aromatic heterocycles. The molecule has 7 heteroatoms. The van der Waals surface area contributed by atoms with Crippen molar-refractivity contribution in [3.05, 3.63) is 53.6 Å². The fourth-order valence-corrected chi connectivity index (χ4v) is 6.47. The normalized spacial score (nSPS) is 23.0. The molecule has 1 heterocycles. The van der Waals surface area contributed by atoms with Crippen LogP contribution in [0, 0.1) is 12.3 Å². The third-order valence-electron chi connectivity index (χ3n) is 5.58. The molecule has 26 heavy (non-hydrogen) atoms. The van der Waals surface area contributed by atoms with Crippen LogP contribution in [-0.2, 0) is 9.84 Å². The van der Waals surface area contributed by atoms with Crippen LogP contribution in [0.15, 0.2) is 47.4 Å². The van der Waals surface area contributed by atoms with E-state index in [9.17, 15) is 8.42 Å². The second-order valence-corrected chi connectivity index (χ2v) is 9.08. The molecule has 0 saturated heterocycles. The predicted molar refractivity (Wildman–Crippen MR) is 98.0 cm³/mol. The molecule has 2 aromatic rings. The number of hydrogen-bond acceptors (Lipinski definition) is 6. The van der Waals surface area contributed by atoms with E-state index in [1.165, 1.54) is 0 Å².